The lowest BCUT2D eigenvalue weighted by Crippen LogP contribution is -2.41. The van der Waals surface area contributed by atoms with E-state index >= 15 is 0 Å². The molecule has 0 aliphatic heterocycles. The fraction of sp³-hybridized carbons (Fsp3) is 0.611. The van der Waals surface area contributed by atoms with Crippen LogP contribution >= 0.6 is 35.6 Å². The fourth-order valence-corrected chi connectivity index (χ4v) is 2.76. The number of hydrogen-bond donors (Lipinski definition) is 2. The maximum atomic E-state index is 5.94. The normalized spacial score (nSPS) is 16.9. The summed E-state index contributed by atoms with van der Waals surface area (Å²) < 4.78 is 5.49. The van der Waals surface area contributed by atoms with Crippen LogP contribution in [0.25, 0.3) is 0 Å². The van der Waals surface area contributed by atoms with Gasteiger partial charge in [-0.15, -0.1) is 24.0 Å². The van der Waals surface area contributed by atoms with Crippen LogP contribution in [0.1, 0.15) is 44.7 Å². The molecule has 0 radical (unpaired) electrons. The summed E-state index contributed by atoms with van der Waals surface area (Å²) in [6.45, 7) is 6.77. The Morgan fingerprint density at radius 1 is 1.33 bits per heavy atom. The molecule has 0 spiro atoms. The van der Waals surface area contributed by atoms with Crippen molar-refractivity contribution in [2.75, 3.05) is 26.8 Å². The van der Waals surface area contributed by atoms with Crippen LogP contribution < -0.4 is 10.6 Å². The van der Waals surface area contributed by atoms with Gasteiger partial charge < -0.3 is 15.4 Å². The van der Waals surface area contributed by atoms with Crippen LogP contribution in [0.5, 0.6) is 0 Å². The molecule has 1 aliphatic rings. The van der Waals surface area contributed by atoms with Gasteiger partial charge in [0.15, 0.2) is 5.96 Å². The average molecular weight is 466 g/mol. The van der Waals surface area contributed by atoms with Crippen LogP contribution in [-0.4, -0.2) is 32.8 Å². The van der Waals surface area contributed by atoms with E-state index in [4.69, 9.17) is 16.3 Å². The van der Waals surface area contributed by atoms with Crippen LogP contribution in [0.15, 0.2) is 29.3 Å². The van der Waals surface area contributed by atoms with Crippen molar-refractivity contribution in [1.29, 1.82) is 0 Å². The van der Waals surface area contributed by atoms with E-state index in [2.05, 4.69) is 22.5 Å². The molecular formula is C18H29ClIN3O. The van der Waals surface area contributed by atoms with E-state index < -0.39 is 0 Å². The Kier molecular flexibility index (Phi) is 9.37. The molecule has 1 aromatic rings. The van der Waals surface area contributed by atoms with Gasteiger partial charge in [-0.05, 0) is 56.2 Å². The van der Waals surface area contributed by atoms with Gasteiger partial charge in [0.1, 0.15) is 0 Å². The smallest absolute Gasteiger partial charge is 0.191 e. The standard InChI is InChI=1S/C18H28ClN3O.HI/c1-4-23-12-11-18(9-10-18)13-21-17(20-3)22-14(2)15-5-7-16(19)8-6-15;/h5-8,14H,4,9-13H2,1-3H3,(H2,20,21,22);1H. The largest absolute Gasteiger partial charge is 0.382 e. The molecule has 2 N–H and O–H groups in total. The number of ether oxygens (including phenoxy) is 1. The minimum Gasteiger partial charge on any atom is -0.382 e. The van der Waals surface area contributed by atoms with Gasteiger partial charge in [0.05, 0.1) is 6.04 Å². The summed E-state index contributed by atoms with van der Waals surface area (Å²) in [6.07, 6.45) is 3.67. The molecule has 2 rings (SSSR count). The average Bonchev–Trinajstić information content (AvgIpc) is 3.32. The van der Waals surface area contributed by atoms with Crippen molar-refractivity contribution in [3.63, 3.8) is 0 Å². The second-order valence-electron chi connectivity index (χ2n) is 6.29. The van der Waals surface area contributed by atoms with Crippen molar-refractivity contribution < 1.29 is 4.74 Å². The highest BCUT2D eigenvalue weighted by Gasteiger charge is 2.41. The first-order valence-electron chi connectivity index (χ1n) is 8.39. The van der Waals surface area contributed by atoms with Gasteiger partial charge in [0.25, 0.3) is 0 Å². The first-order chi connectivity index (χ1) is 11.1. The topological polar surface area (TPSA) is 45.6 Å². The number of guanidine groups is 1. The van der Waals surface area contributed by atoms with E-state index in [1.54, 1.807) is 0 Å². The molecule has 1 aromatic carbocycles. The number of hydrogen-bond acceptors (Lipinski definition) is 2. The van der Waals surface area contributed by atoms with Gasteiger partial charge in [0, 0.05) is 31.8 Å². The fourth-order valence-electron chi connectivity index (χ4n) is 2.63. The summed E-state index contributed by atoms with van der Waals surface area (Å²) in [7, 11) is 1.81. The lowest BCUT2D eigenvalue weighted by atomic mass is 10.0. The van der Waals surface area contributed by atoms with Crippen molar-refractivity contribution >= 4 is 41.5 Å². The molecule has 0 bridgehead atoms. The third kappa shape index (κ3) is 6.76. The lowest BCUT2D eigenvalue weighted by Gasteiger charge is -2.21. The minimum atomic E-state index is 0. The van der Waals surface area contributed by atoms with Gasteiger partial charge >= 0.3 is 0 Å². The van der Waals surface area contributed by atoms with Gasteiger partial charge in [-0.3, -0.25) is 4.99 Å². The number of nitrogens with one attached hydrogen (secondary N) is 2. The molecule has 6 heteroatoms. The van der Waals surface area contributed by atoms with E-state index in [-0.39, 0.29) is 30.0 Å². The molecule has 0 heterocycles. The van der Waals surface area contributed by atoms with Gasteiger partial charge in [-0.25, -0.2) is 0 Å². The second-order valence-corrected chi connectivity index (χ2v) is 6.73. The Morgan fingerprint density at radius 2 is 2.00 bits per heavy atom. The Hall–Kier alpha value is -0.530. The highest BCUT2D eigenvalue weighted by atomic mass is 127. The number of nitrogens with zero attached hydrogens (tertiary/aromatic N) is 1. The maximum absolute atomic E-state index is 5.94. The van der Waals surface area contributed by atoms with Gasteiger partial charge in [-0.1, -0.05) is 23.7 Å². The predicted molar refractivity (Wildman–Crippen MR) is 113 cm³/mol. The minimum absolute atomic E-state index is 0. The van der Waals surface area contributed by atoms with Gasteiger partial charge in [-0.2, -0.15) is 0 Å². The summed E-state index contributed by atoms with van der Waals surface area (Å²) in [6, 6.07) is 8.09. The summed E-state index contributed by atoms with van der Waals surface area (Å²) in [5, 5.41) is 7.66. The second kappa shape index (κ2) is 10.5. The van der Waals surface area contributed by atoms with E-state index in [1.165, 1.54) is 18.4 Å². The van der Waals surface area contributed by atoms with Crippen molar-refractivity contribution in [2.45, 2.75) is 39.2 Å². The molecule has 0 aromatic heterocycles. The molecule has 4 nitrogen and oxygen atoms in total. The van der Waals surface area contributed by atoms with E-state index in [0.29, 0.717) is 5.41 Å². The molecule has 136 valence electrons. The molecule has 0 saturated heterocycles. The van der Waals surface area contributed by atoms with Crippen molar-refractivity contribution in [3.05, 3.63) is 34.9 Å². The molecule has 24 heavy (non-hydrogen) atoms. The van der Waals surface area contributed by atoms with E-state index in [1.807, 2.05) is 38.2 Å². The highest BCUT2D eigenvalue weighted by Crippen LogP contribution is 2.48. The Labute approximate surface area is 167 Å². The number of benzene rings is 1. The lowest BCUT2D eigenvalue weighted by molar-refractivity contribution is 0.128. The first-order valence-corrected chi connectivity index (χ1v) is 8.77. The quantitative estimate of drug-likeness (QED) is 0.259. The van der Waals surface area contributed by atoms with Crippen LogP contribution in [0, 0.1) is 5.41 Å². The number of aliphatic imine (C=N–C) groups is 1. The molecule has 1 fully saturated rings. The van der Waals surface area contributed by atoms with Crippen LogP contribution in [0.4, 0.5) is 0 Å². The SMILES string of the molecule is CCOCCC1(CNC(=NC)NC(C)c2ccc(Cl)cc2)CC1.I. The molecule has 1 aliphatic carbocycles. The third-order valence-corrected chi connectivity index (χ3v) is 4.77. The summed E-state index contributed by atoms with van der Waals surface area (Å²) in [5.41, 5.74) is 1.59. The summed E-state index contributed by atoms with van der Waals surface area (Å²) in [5.74, 6) is 0.843. The van der Waals surface area contributed by atoms with Crippen LogP contribution in [0.2, 0.25) is 5.02 Å². The zero-order valence-corrected chi connectivity index (χ0v) is 17.9. The molecule has 1 unspecified atom stereocenters. The van der Waals surface area contributed by atoms with Crippen LogP contribution in [0.3, 0.4) is 0 Å². The summed E-state index contributed by atoms with van der Waals surface area (Å²) >= 11 is 5.94. The third-order valence-electron chi connectivity index (χ3n) is 4.52. The van der Waals surface area contributed by atoms with E-state index in [9.17, 15) is 0 Å². The zero-order chi connectivity index (χ0) is 16.7. The summed E-state index contributed by atoms with van der Waals surface area (Å²) in [4.78, 5) is 4.34. The van der Waals surface area contributed by atoms with Crippen LogP contribution in [-0.2, 0) is 4.74 Å². The Balaban J connectivity index is 0.00000288. The molecule has 1 atom stereocenters. The monoisotopic (exact) mass is 465 g/mol. The number of rotatable bonds is 8. The maximum Gasteiger partial charge on any atom is 0.191 e. The highest BCUT2D eigenvalue weighted by molar-refractivity contribution is 14.0. The van der Waals surface area contributed by atoms with Gasteiger partial charge in [0.2, 0.25) is 0 Å². The van der Waals surface area contributed by atoms with E-state index in [0.717, 1.165) is 37.2 Å². The molecule has 0 amide bonds. The Bertz CT molecular complexity index is 518. The van der Waals surface area contributed by atoms with Crippen molar-refractivity contribution in [3.8, 4) is 0 Å². The molecule has 1 saturated carbocycles. The predicted octanol–water partition coefficient (Wildman–Crippen LogP) is 4.39. The van der Waals surface area contributed by atoms with Crippen molar-refractivity contribution in [1.82, 2.24) is 10.6 Å². The molecular weight excluding hydrogens is 437 g/mol. The van der Waals surface area contributed by atoms with Crippen molar-refractivity contribution in [2.24, 2.45) is 10.4 Å². The zero-order valence-electron chi connectivity index (χ0n) is 14.8. The first kappa shape index (κ1) is 21.5. The Morgan fingerprint density at radius 3 is 2.54 bits per heavy atom. The number of halogens is 2.